The standard InChI is InChI=1S/C11H12O3/c1-14-11(13)5-8-4-7-2-3-9(12)6-10(7)8/h2-3,6,8,12H,4-5H2,1H3/t8-/m1/s1. The summed E-state index contributed by atoms with van der Waals surface area (Å²) in [5.74, 6) is 0.298. The van der Waals surface area contributed by atoms with Crippen molar-refractivity contribution in [2.75, 3.05) is 7.11 Å². The molecule has 1 N–H and O–H groups in total. The van der Waals surface area contributed by atoms with E-state index in [9.17, 15) is 9.90 Å². The molecule has 2 rings (SSSR count). The SMILES string of the molecule is COC(=O)C[C@H]1Cc2ccc(O)cc21. The Morgan fingerprint density at radius 1 is 1.64 bits per heavy atom. The topological polar surface area (TPSA) is 46.5 Å². The molecule has 14 heavy (non-hydrogen) atoms. The zero-order chi connectivity index (χ0) is 10.1. The van der Waals surface area contributed by atoms with Crippen LogP contribution in [0.5, 0.6) is 5.75 Å². The quantitative estimate of drug-likeness (QED) is 0.724. The highest BCUT2D eigenvalue weighted by Crippen LogP contribution is 2.39. The van der Waals surface area contributed by atoms with Crippen LogP contribution in [0.1, 0.15) is 23.5 Å². The van der Waals surface area contributed by atoms with Gasteiger partial charge in [0.15, 0.2) is 0 Å². The Balaban J connectivity index is 2.11. The lowest BCUT2D eigenvalue weighted by Crippen LogP contribution is -2.20. The van der Waals surface area contributed by atoms with Crippen LogP contribution in [-0.2, 0) is 16.0 Å². The van der Waals surface area contributed by atoms with E-state index >= 15 is 0 Å². The Morgan fingerprint density at radius 3 is 3.14 bits per heavy atom. The Hall–Kier alpha value is -1.51. The minimum Gasteiger partial charge on any atom is -0.508 e. The number of benzene rings is 1. The second kappa shape index (κ2) is 3.33. The van der Waals surface area contributed by atoms with Gasteiger partial charge in [-0.05, 0) is 35.6 Å². The van der Waals surface area contributed by atoms with E-state index in [-0.39, 0.29) is 17.6 Å². The number of aromatic hydroxyl groups is 1. The molecule has 0 saturated carbocycles. The summed E-state index contributed by atoms with van der Waals surface area (Å²) < 4.78 is 4.60. The van der Waals surface area contributed by atoms with Gasteiger partial charge >= 0.3 is 5.97 Å². The lowest BCUT2D eigenvalue weighted by molar-refractivity contribution is -0.141. The molecule has 0 aliphatic heterocycles. The third kappa shape index (κ3) is 1.45. The van der Waals surface area contributed by atoms with E-state index in [1.165, 1.54) is 12.7 Å². The summed E-state index contributed by atoms with van der Waals surface area (Å²) >= 11 is 0. The summed E-state index contributed by atoms with van der Waals surface area (Å²) in [4.78, 5) is 11.0. The molecule has 0 radical (unpaired) electrons. The molecule has 1 aromatic carbocycles. The lowest BCUT2D eigenvalue weighted by Gasteiger charge is -2.29. The van der Waals surface area contributed by atoms with E-state index in [0.717, 1.165) is 12.0 Å². The number of carbonyl (C=O) groups is 1. The molecule has 0 spiro atoms. The van der Waals surface area contributed by atoms with E-state index in [4.69, 9.17) is 0 Å². The van der Waals surface area contributed by atoms with Gasteiger partial charge in [-0.25, -0.2) is 0 Å². The van der Waals surface area contributed by atoms with Gasteiger partial charge in [0, 0.05) is 0 Å². The Labute approximate surface area is 82.3 Å². The summed E-state index contributed by atoms with van der Waals surface area (Å²) in [5.41, 5.74) is 2.30. The van der Waals surface area contributed by atoms with Crippen molar-refractivity contribution in [3.05, 3.63) is 29.3 Å². The van der Waals surface area contributed by atoms with Crippen molar-refractivity contribution in [2.24, 2.45) is 0 Å². The first-order valence-corrected chi connectivity index (χ1v) is 4.59. The van der Waals surface area contributed by atoms with Gasteiger partial charge in [-0.1, -0.05) is 6.07 Å². The van der Waals surface area contributed by atoms with Crippen molar-refractivity contribution in [3.63, 3.8) is 0 Å². The number of esters is 1. The summed E-state index contributed by atoms with van der Waals surface area (Å²) in [6.45, 7) is 0. The fourth-order valence-corrected chi connectivity index (χ4v) is 1.86. The number of ether oxygens (including phenoxy) is 1. The average Bonchev–Trinajstić information content (AvgIpc) is 2.17. The van der Waals surface area contributed by atoms with Crippen LogP contribution in [0, 0.1) is 0 Å². The molecule has 0 amide bonds. The molecule has 0 heterocycles. The highest BCUT2D eigenvalue weighted by molar-refractivity contribution is 5.71. The van der Waals surface area contributed by atoms with E-state index < -0.39 is 0 Å². The first kappa shape index (κ1) is 9.06. The van der Waals surface area contributed by atoms with Crippen LogP contribution in [-0.4, -0.2) is 18.2 Å². The van der Waals surface area contributed by atoms with Crippen LogP contribution in [0.15, 0.2) is 18.2 Å². The van der Waals surface area contributed by atoms with Gasteiger partial charge in [-0.2, -0.15) is 0 Å². The molecular formula is C11H12O3. The van der Waals surface area contributed by atoms with Gasteiger partial charge in [0.2, 0.25) is 0 Å². The van der Waals surface area contributed by atoms with Gasteiger partial charge in [0.25, 0.3) is 0 Å². The monoisotopic (exact) mass is 192 g/mol. The van der Waals surface area contributed by atoms with Gasteiger partial charge in [-0.3, -0.25) is 4.79 Å². The van der Waals surface area contributed by atoms with Crippen molar-refractivity contribution >= 4 is 5.97 Å². The number of rotatable bonds is 2. The normalized spacial score (nSPS) is 18.2. The van der Waals surface area contributed by atoms with Crippen LogP contribution in [0.4, 0.5) is 0 Å². The number of phenolic OH excluding ortho intramolecular Hbond substituents is 1. The summed E-state index contributed by atoms with van der Waals surface area (Å²) in [6, 6.07) is 5.30. The molecule has 74 valence electrons. The lowest BCUT2D eigenvalue weighted by atomic mass is 9.76. The third-order valence-corrected chi connectivity index (χ3v) is 2.68. The fourth-order valence-electron chi connectivity index (χ4n) is 1.86. The molecule has 0 saturated heterocycles. The molecular weight excluding hydrogens is 180 g/mol. The summed E-state index contributed by atoms with van der Waals surface area (Å²) in [6.07, 6.45) is 1.32. The van der Waals surface area contributed by atoms with Crippen molar-refractivity contribution in [1.82, 2.24) is 0 Å². The van der Waals surface area contributed by atoms with E-state index in [1.807, 2.05) is 6.07 Å². The number of hydrogen-bond acceptors (Lipinski definition) is 3. The summed E-state index contributed by atoms with van der Waals surface area (Å²) in [5, 5.41) is 9.26. The minimum atomic E-state index is -0.191. The molecule has 3 nitrogen and oxygen atoms in total. The molecule has 1 aliphatic rings. The second-order valence-corrected chi connectivity index (χ2v) is 3.56. The average molecular weight is 192 g/mol. The predicted molar refractivity (Wildman–Crippen MR) is 51.2 cm³/mol. The number of carbonyl (C=O) groups excluding carboxylic acids is 1. The first-order valence-electron chi connectivity index (χ1n) is 4.59. The zero-order valence-electron chi connectivity index (χ0n) is 7.99. The Bertz CT molecular complexity index is 371. The number of fused-ring (bicyclic) bond motifs is 1. The van der Waals surface area contributed by atoms with E-state index in [2.05, 4.69) is 4.74 Å². The van der Waals surface area contributed by atoms with Gasteiger partial charge < -0.3 is 9.84 Å². The van der Waals surface area contributed by atoms with Crippen LogP contribution < -0.4 is 0 Å². The van der Waals surface area contributed by atoms with Crippen molar-refractivity contribution in [3.8, 4) is 5.75 Å². The van der Waals surface area contributed by atoms with Crippen molar-refractivity contribution in [2.45, 2.75) is 18.8 Å². The van der Waals surface area contributed by atoms with Crippen molar-refractivity contribution < 1.29 is 14.6 Å². The molecule has 0 aromatic heterocycles. The zero-order valence-corrected chi connectivity index (χ0v) is 7.99. The van der Waals surface area contributed by atoms with Crippen LogP contribution in [0.2, 0.25) is 0 Å². The Morgan fingerprint density at radius 2 is 2.43 bits per heavy atom. The van der Waals surface area contributed by atoms with Crippen molar-refractivity contribution in [1.29, 1.82) is 0 Å². The van der Waals surface area contributed by atoms with Gasteiger partial charge in [0.05, 0.1) is 13.5 Å². The molecule has 0 fully saturated rings. The molecule has 0 bridgehead atoms. The highest BCUT2D eigenvalue weighted by Gasteiger charge is 2.28. The predicted octanol–water partition coefficient (Wildman–Crippen LogP) is 1.59. The maximum atomic E-state index is 11.0. The maximum Gasteiger partial charge on any atom is 0.306 e. The highest BCUT2D eigenvalue weighted by atomic mass is 16.5. The van der Waals surface area contributed by atoms with Gasteiger partial charge in [-0.15, -0.1) is 0 Å². The second-order valence-electron chi connectivity index (χ2n) is 3.56. The van der Waals surface area contributed by atoms with Crippen LogP contribution in [0.3, 0.4) is 0 Å². The van der Waals surface area contributed by atoms with E-state index in [1.54, 1.807) is 12.1 Å². The molecule has 0 unspecified atom stereocenters. The van der Waals surface area contributed by atoms with Crippen LogP contribution >= 0.6 is 0 Å². The summed E-state index contributed by atoms with van der Waals surface area (Å²) in [7, 11) is 1.39. The van der Waals surface area contributed by atoms with Gasteiger partial charge in [0.1, 0.15) is 5.75 Å². The van der Waals surface area contributed by atoms with Crippen LogP contribution in [0.25, 0.3) is 0 Å². The largest absolute Gasteiger partial charge is 0.508 e. The maximum absolute atomic E-state index is 11.0. The number of hydrogen-bond donors (Lipinski definition) is 1. The first-order chi connectivity index (χ1) is 6.70. The molecule has 1 atom stereocenters. The minimum absolute atomic E-state index is 0.191. The smallest absolute Gasteiger partial charge is 0.306 e. The third-order valence-electron chi connectivity index (χ3n) is 2.68. The number of phenols is 1. The fraction of sp³-hybridized carbons (Fsp3) is 0.364. The number of methoxy groups -OCH3 is 1. The molecule has 3 heteroatoms. The van der Waals surface area contributed by atoms with E-state index in [0.29, 0.717) is 6.42 Å². The molecule has 1 aromatic rings. The molecule has 1 aliphatic carbocycles. The Kier molecular flexibility index (Phi) is 2.15.